The minimum atomic E-state index is -3.64. The zero-order valence-electron chi connectivity index (χ0n) is 13.6. The van der Waals surface area contributed by atoms with Gasteiger partial charge in [0.25, 0.3) is 10.2 Å². The van der Waals surface area contributed by atoms with Gasteiger partial charge in [0.2, 0.25) is 5.91 Å². The number of thiophene rings is 1. The van der Waals surface area contributed by atoms with E-state index in [1.165, 1.54) is 9.87 Å². The summed E-state index contributed by atoms with van der Waals surface area (Å²) in [6.07, 6.45) is 1.92. The molecule has 1 unspecified atom stereocenters. The van der Waals surface area contributed by atoms with Gasteiger partial charge < -0.3 is 4.90 Å². The fourth-order valence-corrected chi connectivity index (χ4v) is 4.54. The highest BCUT2D eigenvalue weighted by Gasteiger charge is 2.32. The molecule has 8 heteroatoms. The number of hydrogen-bond acceptors (Lipinski definition) is 4. The molecular formula is C15H25N3O3S2. The molecule has 2 heterocycles. The summed E-state index contributed by atoms with van der Waals surface area (Å²) in [7, 11) is -3.64. The Bertz CT molecular complexity index is 608. The van der Waals surface area contributed by atoms with Gasteiger partial charge in [0.1, 0.15) is 0 Å². The van der Waals surface area contributed by atoms with Crippen LogP contribution < -0.4 is 5.14 Å². The third-order valence-corrected chi connectivity index (χ3v) is 6.25. The van der Waals surface area contributed by atoms with Crippen molar-refractivity contribution in [3.05, 3.63) is 22.4 Å². The van der Waals surface area contributed by atoms with Crippen LogP contribution in [0.4, 0.5) is 0 Å². The van der Waals surface area contributed by atoms with Crippen molar-refractivity contribution in [2.75, 3.05) is 19.6 Å². The Morgan fingerprint density at radius 3 is 2.61 bits per heavy atom. The van der Waals surface area contributed by atoms with E-state index in [1.54, 1.807) is 11.3 Å². The Morgan fingerprint density at radius 2 is 2.13 bits per heavy atom. The van der Waals surface area contributed by atoms with Crippen molar-refractivity contribution < 1.29 is 13.2 Å². The molecule has 1 aliphatic rings. The molecule has 6 nitrogen and oxygen atoms in total. The Labute approximate surface area is 142 Å². The lowest BCUT2D eigenvalue weighted by molar-refractivity contribution is -0.138. The van der Waals surface area contributed by atoms with Crippen molar-refractivity contribution in [3.63, 3.8) is 0 Å². The molecule has 0 saturated carbocycles. The smallest absolute Gasteiger partial charge is 0.276 e. The minimum absolute atomic E-state index is 0.113. The maximum absolute atomic E-state index is 12.8. The van der Waals surface area contributed by atoms with Gasteiger partial charge in [0.15, 0.2) is 0 Å². The van der Waals surface area contributed by atoms with Crippen LogP contribution in [0.5, 0.6) is 0 Å². The summed E-state index contributed by atoms with van der Waals surface area (Å²) in [5, 5.41) is 9.30. The molecule has 1 amide bonds. The van der Waals surface area contributed by atoms with E-state index in [0.29, 0.717) is 32.5 Å². The molecule has 23 heavy (non-hydrogen) atoms. The standard InChI is InChI=1S/C15H25N3O3S2/c1-3-18(12(2)10-13-6-9-22-11-13)15(19)14-4-7-17(8-5-14)23(16,20)21/h6,9,11-12,14H,3-5,7-8,10H2,1-2H3,(H2,16,20,21). The second-order valence-electron chi connectivity index (χ2n) is 6.03. The monoisotopic (exact) mass is 359 g/mol. The number of carbonyl (C=O) groups is 1. The molecule has 0 radical (unpaired) electrons. The van der Waals surface area contributed by atoms with Crippen LogP contribution in [0.2, 0.25) is 0 Å². The minimum Gasteiger partial charge on any atom is -0.340 e. The number of hydrogen-bond donors (Lipinski definition) is 1. The molecule has 1 aromatic rings. The zero-order valence-corrected chi connectivity index (χ0v) is 15.3. The molecular weight excluding hydrogens is 334 g/mol. The summed E-state index contributed by atoms with van der Waals surface area (Å²) in [6.45, 7) is 5.37. The Kier molecular flexibility index (Phi) is 6.19. The van der Waals surface area contributed by atoms with Crippen LogP contribution in [0.1, 0.15) is 32.3 Å². The van der Waals surface area contributed by atoms with E-state index < -0.39 is 10.2 Å². The summed E-state index contributed by atoms with van der Waals surface area (Å²) in [5.74, 6) is 0.0159. The van der Waals surface area contributed by atoms with Gasteiger partial charge in [-0.2, -0.15) is 24.1 Å². The molecule has 0 bridgehead atoms. The summed E-state index contributed by atoms with van der Waals surface area (Å²) in [5.41, 5.74) is 1.25. The largest absolute Gasteiger partial charge is 0.340 e. The highest BCUT2D eigenvalue weighted by Crippen LogP contribution is 2.22. The molecule has 0 aromatic carbocycles. The van der Waals surface area contributed by atoms with Crippen molar-refractivity contribution in [3.8, 4) is 0 Å². The number of likely N-dealkylation sites (N-methyl/N-ethyl adjacent to an activating group) is 1. The van der Waals surface area contributed by atoms with Crippen LogP contribution in [0.3, 0.4) is 0 Å². The second kappa shape index (κ2) is 7.74. The SMILES string of the molecule is CCN(C(=O)C1CCN(S(N)(=O)=O)CC1)C(C)Cc1ccsc1. The van der Waals surface area contributed by atoms with Crippen molar-refractivity contribution >= 4 is 27.5 Å². The topological polar surface area (TPSA) is 83.7 Å². The van der Waals surface area contributed by atoms with Gasteiger partial charge in [-0.25, -0.2) is 5.14 Å². The van der Waals surface area contributed by atoms with E-state index in [-0.39, 0.29) is 17.9 Å². The lowest BCUT2D eigenvalue weighted by Gasteiger charge is -2.35. The van der Waals surface area contributed by atoms with Gasteiger partial charge in [0.05, 0.1) is 0 Å². The molecule has 1 aliphatic heterocycles. The number of rotatable bonds is 6. The number of nitrogens with zero attached hydrogens (tertiary/aromatic N) is 2. The lowest BCUT2D eigenvalue weighted by Crippen LogP contribution is -2.48. The van der Waals surface area contributed by atoms with Gasteiger partial charge in [-0.15, -0.1) is 0 Å². The lowest BCUT2D eigenvalue weighted by atomic mass is 9.95. The summed E-state index contributed by atoms with van der Waals surface area (Å²) >= 11 is 1.66. The molecule has 1 fully saturated rings. The quantitative estimate of drug-likeness (QED) is 0.834. The van der Waals surface area contributed by atoms with E-state index in [1.807, 2.05) is 17.2 Å². The molecule has 130 valence electrons. The van der Waals surface area contributed by atoms with Crippen molar-refractivity contribution in [2.45, 2.75) is 39.2 Å². The molecule has 1 saturated heterocycles. The second-order valence-corrected chi connectivity index (χ2v) is 8.35. The summed E-state index contributed by atoms with van der Waals surface area (Å²) in [4.78, 5) is 14.7. The number of piperidine rings is 1. The fourth-order valence-electron chi connectivity index (χ4n) is 3.14. The molecule has 2 N–H and O–H groups in total. The first-order valence-corrected chi connectivity index (χ1v) is 10.4. The Balaban J connectivity index is 1.95. The summed E-state index contributed by atoms with van der Waals surface area (Å²) < 4.78 is 23.9. The normalized spacial score (nSPS) is 18.7. The van der Waals surface area contributed by atoms with Crippen molar-refractivity contribution in [1.29, 1.82) is 0 Å². The predicted octanol–water partition coefficient (Wildman–Crippen LogP) is 1.44. The van der Waals surface area contributed by atoms with Gasteiger partial charge in [-0.1, -0.05) is 0 Å². The van der Waals surface area contributed by atoms with E-state index in [4.69, 9.17) is 5.14 Å². The van der Waals surface area contributed by atoms with E-state index >= 15 is 0 Å². The molecule has 1 aromatic heterocycles. The van der Waals surface area contributed by atoms with Gasteiger partial charge in [-0.3, -0.25) is 4.79 Å². The third-order valence-electron chi connectivity index (χ3n) is 4.43. The maximum Gasteiger partial charge on any atom is 0.276 e. The Morgan fingerprint density at radius 1 is 1.48 bits per heavy atom. The van der Waals surface area contributed by atoms with Crippen LogP contribution in [0.25, 0.3) is 0 Å². The summed E-state index contributed by atoms with van der Waals surface area (Å²) in [6, 6.07) is 2.22. The highest BCUT2D eigenvalue weighted by molar-refractivity contribution is 7.86. The van der Waals surface area contributed by atoms with Crippen molar-refractivity contribution in [1.82, 2.24) is 9.21 Å². The maximum atomic E-state index is 12.8. The zero-order chi connectivity index (χ0) is 17.0. The number of carbonyl (C=O) groups excluding carboxylic acids is 1. The fraction of sp³-hybridized carbons (Fsp3) is 0.667. The van der Waals surface area contributed by atoms with Crippen LogP contribution in [-0.4, -0.2) is 49.2 Å². The number of nitrogens with two attached hydrogens (primary N) is 1. The first kappa shape index (κ1) is 18.4. The van der Waals surface area contributed by atoms with Crippen molar-refractivity contribution in [2.24, 2.45) is 11.1 Å². The highest BCUT2D eigenvalue weighted by atomic mass is 32.2. The van der Waals surface area contributed by atoms with Crippen LogP contribution in [0.15, 0.2) is 16.8 Å². The van der Waals surface area contributed by atoms with Gasteiger partial charge in [-0.05, 0) is 55.5 Å². The number of amides is 1. The van der Waals surface area contributed by atoms with Crippen LogP contribution in [0, 0.1) is 5.92 Å². The molecule has 0 aliphatic carbocycles. The predicted molar refractivity (Wildman–Crippen MR) is 92.3 cm³/mol. The molecule has 1 atom stereocenters. The van der Waals surface area contributed by atoms with Gasteiger partial charge in [0, 0.05) is 31.6 Å². The van der Waals surface area contributed by atoms with E-state index in [9.17, 15) is 13.2 Å². The average Bonchev–Trinajstić information content (AvgIpc) is 3.00. The molecule has 0 spiro atoms. The average molecular weight is 360 g/mol. The van der Waals surface area contributed by atoms with E-state index in [0.717, 1.165) is 6.42 Å². The first-order chi connectivity index (χ1) is 10.8. The van der Waals surface area contributed by atoms with E-state index in [2.05, 4.69) is 18.4 Å². The Hall–Kier alpha value is -0.960. The van der Waals surface area contributed by atoms with Crippen LogP contribution >= 0.6 is 11.3 Å². The third kappa shape index (κ3) is 4.76. The molecule has 2 rings (SSSR count). The van der Waals surface area contributed by atoms with Crippen LogP contribution in [-0.2, 0) is 21.4 Å². The van der Waals surface area contributed by atoms with Gasteiger partial charge >= 0.3 is 0 Å². The first-order valence-electron chi connectivity index (χ1n) is 7.92.